The molecular weight excluding hydrogens is 222 g/mol. The van der Waals surface area contributed by atoms with Gasteiger partial charge in [-0.05, 0) is 33.0 Å². The Morgan fingerprint density at radius 3 is 2.56 bits per heavy atom. The van der Waals surface area contributed by atoms with Crippen LogP contribution in [0.1, 0.15) is 40.0 Å². The Hall–Kier alpha value is -0.120. The molecule has 0 spiro atoms. The van der Waals surface area contributed by atoms with Crippen LogP contribution in [0.5, 0.6) is 0 Å². The molecule has 0 amide bonds. The number of rotatable bonds is 7. The monoisotopic (exact) mass is 255 g/mol. The fourth-order valence-corrected chi connectivity index (χ4v) is 3.16. The van der Waals surface area contributed by atoms with Crippen LogP contribution in [0, 0.1) is 5.92 Å². The van der Waals surface area contributed by atoms with Gasteiger partial charge in [0, 0.05) is 31.7 Å². The van der Waals surface area contributed by atoms with Gasteiger partial charge in [-0.15, -0.1) is 0 Å². The van der Waals surface area contributed by atoms with Gasteiger partial charge in [0.15, 0.2) is 0 Å². The topological polar surface area (TPSA) is 18.5 Å². The van der Waals surface area contributed by atoms with E-state index in [0.29, 0.717) is 12.1 Å². The number of piperazine rings is 1. The molecular formula is C15H33N3. The van der Waals surface area contributed by atoms with Gasteiger partial charge in [-0.2, -0.15) is 0 Å². The molecule has 0 radical (unpaired) electrons. The lowest BCUT2D eigenvalue weighted by atomic mass is 9.91. The van der Waals surface area contributed by atoms with Crippen molar-refractivity contribution in [3.8, 4) is 0 Å². The van der Waals surface area contributed by atoms with E-state index in [4.69, 9.17) is 0 Å². The highest BCUT2D eigenvalue weighted by molar-refractivity contribution is 4.89. The third-order valence-corrected chi connectivity index (χ3v) is 4.27. The fourth-order valence-electron chi connectivity index (χ4n) is 3.16. The van der Waals surface area contributed by atoms with Crippen LogP contribution < -0.4 is 5.32 Å². The van der Waals surface area contributed by atoms with Crippen LogP contribution in [0.25, 0.3) is 0 Å². The molecule has 0 saturated carbocycles. The first-order valence-corrected chi connectivity index (χ1v) is 7.70. The second-order valence-corrected chi connectivity index (χ2v) is 6.10. The van der Waals surface area contributed by atoms with Gasteiger partial charge in [-0.3, -0.25) is 4.90 Å². The summed E-state index contributed by atoms with van der Waals surface area (Å²) in [6, 6.07) is 1.31. The van der Waals surface area contributed by atoms with Crippen molar-refractivity contribution < 1.29 is 0 Å². The second kappa shape index (κ2) is 8.13. The van der Waals surface area contributed by atoms with Gasteiger partial charge in [-0.1, -0.05) is 33.6 Å². The SMILES string of the molecule is CCCC(C)CC(NCC)C1CN(C)CCN1C. The van der Waals surface area contributed by atoms with Crippen molar-refractivity contribution in [2.24, 2.45) is 5.92 Å². The highest BCUT2D eigenvalue weighted by atomic mass is 15.3. The van der Waals surface area contributed by atoms with Crippen molar-refractivity contribution in [2.75, 3.05) is 40.3 Å². The van der Waals surface area contributed by atoms with E-state index in [1.165, 1.54) is 38.9 Å². The minimum Gasteiger partial charge on any atom is -0.313 e. The summed E-state index contributed by atoms with van der Waals surface area (Å²) >= 11 is 0. The highest BCUT2D eigenvalue weighted by Gasteiger charge is 2.29. The molecule has 0 aromatic carbocycles. The first kappa shape index (κ1) is 15.9. The highest BCUT2D eigenvalue weighted by Crippen LogP contribution is 2.19. The van der Waals surface area contributed by atoms with Crippen LogP contribution in [-0.4, -0.2) is 62.2 Å². The average molecular weight is 255 g/mol. The molecule has 1 fully saturated rings. The van der Waals surface area contributed by atoms with Crippen LogP contribution in [0.2, 0.25) is 0 Å². The standard InChI is InChI=1S/C15H33N3/c1-6-8-13(3)11-14(16-7-2)15-12-17(4)9-10-18(15)5/h13-16H,6-12H2,1-5H3. The average Bonchev–Trinajstić information content (AvgIpc) is 2.32. The van der Waals surface area contributed by atoms with E-state index in [-0.39, 0.29) is 0 Å². The second-order valence-electron chi connectivity index (χ2n) is 6.10. The summed E-state index contributed by atoms with van der Waals surface area (Å²) in [4.78, 5) is 5.02. The summed E-state index contributed by atoms with van der Waals surface area (Å²) < 4.78 is 0. The Kier molecular flexibility index (Phi) is 7.20. The van der Waals surface area contributed by atoms with Gasteiger partial charge in [0.1, 0.15) is 0 Å². The molecule has 18 heavy (non-hydrogen) atoms. The predicted octanol–water partition coefficient (Wildman–Crippen LogP) is 2.04. The van der Waals surface area contributed by atoms with Gasteiger partial charge in [0.25, 0.3) is 0 Å². The molecule has 3 atom stereocenters. The molecule has 1 heterocycles. The quantitative estimate of drug-likeness (QED) is 0.751. The van der Waals surface area contributed by atoms with Crippen LogP contribution in [0.15, 0.2) is 0 Å². The fraction of sp³-hybridized carbons (Fsp3) is 1.00. The van der Waals surface area contributed by atoms with Gasteiger partial charge < -0.3 is 10.2 Å². The van der Waals surface area contributed by atoms with Crippen molar-refractivity contribution in [1.82, 2.24) is 15.1 Å². The van der Waals surface area contributed by atoms with E-state index in [9.17, 15) is 0 Å². The number of hydrogen-bond acceptors (Lipinski definition) is 3. The molecule has 0 aromatic rings. The third kappa shape index (κ3) is 4.87. The molecule has 0 aromatic heterocycles. The number of nitrogens with one attached hydrogen (secondary N) is 1. The summed E-state index contributed by atoms with van der Waals surface area (Å²) in [5, 5.41) is 3.72. The lowest BCUT2D eigenvalue weighted by Gasteiger charge is -2.43. The molecule has 1 saturated heterocycles. The van der Waals surface area contributed by atoms with Crippen molar-refractivity contribution in [3.63, 3.8) is 0 Å². The van der Waals surface area contributed by atoms with Crippen LogP contribution >= 0.6 is 0 Å². The minimum absolute atomic E-state index is 0.643. The molecule has 1 rings (SSSR count). The van der Waals surface area contributed by atoms with Gasteiger partial charge in [0.05, 0.1) is 0 Å². The molecule has 0 aliphatic carbocycles. The van der Waals surface area contributed by atoms with E-state index in [1.54, 1.807) is 0 Å². The van der Waals surface area contributed by atoms with E-state index in [2.05, 4.69) is 50.0 Å². The Bertz CT molecular complexity index is 220. The predicted molar refractivity (Wildman–Crippen MR) is 80.1 cm³/mol. The zero-order valence-corrected chi connectivity index (χ0v) is 13.1. The van der Waals surface area contributed by atoms with Crippen molar-refractivity contribution in [2.45, 2.75) is 52.1 Å². The largest absolute Gasteiger partial charge is 0.313 e. The number of likely N-dealkylation sites (N-methyl/N-ethyl adjacent to an activating group) is 3. The minimum atomic E-state index is 0.643. The van der Waals surface area contributed by atoms with E-state index < -0.39 is 0 Å². The number of hydrogen-bond donors (Lipinski definition) is 1. The summed E-state index contributed by atoms with van der Waals surface area (Å²) in [6.07, 6.45) is 3.97. The zero-order valence-electron chi connectivity index (χ0n) is 13.1. The molecule has 108 valence electrons. The first-order chi connectivity index (χ1) is 8.58. The molecule has 1 N–H and O–H groups in total. The van der Waals surface area contributed by atoms with Gasteiger partial charge >= 0.3 is 0 Å². The Morgan fingerprint density at radius 1 is 1.22 bits per heavy atom. The summed E-state index contributed by atoms with van der Waals surface area (Å²) in [5.74, 6) is 0.833. The maximum atomic E-state index is 3.72. The van der Waals surface area contributed by atoms with Gasteiger partial charge in [0.2, 0.25) is 0 Å². The van der Waals surface area contributed by atoms with Crippen molar-refractivity contribution >= 4 is 0 Å². The van der Waals surface area contributed by atoms with E-state index >= 15 is 0 Å². The molecule has 1 aliphatic rings. The normalized spacial score (nSPS) is 26.2. The van der Waals surface area contributed by atoms with Crippen LogP contribution in [0.4, 0.5) is 0 Å². The molecule has 3 nitrogen and oxygen atoms in total. The smallest absolute Gasteiger partial charge is 0.0374 e. The lowest BCUT2D eigenvalue weighted by molar-refractivity contribution is 0.0809. The maximum absolute atomic E-state index is 3.72. The first-order valence-electron chi connectivity index (χ1n) is 7.70. The molecule has 3 unspecified atom stereocenters. The van der Waals surface area contributed by atoms with E-state index in [1.807, 2.05) is 0 Å². The summed E-state index contributed by atoms with van der Waals surface area (Å²) in [6.45, 7) is 11.6. The van der Waals surface area contributed by atoms with Crippen LogP contribution in [0.3, 0.4) is 0 Å². The zero-order chi connectivity index (χ0) is 13.5. The molecule has 1 aliphatic heterocycles. The lowest BCUT2D eigenvalue weighted by Crippen LogP contribution is -2.59. The van der Waals surface area contributed by atoms with E-state index in [0.717, 1.165) is 12.5 Å². The summed E-state index contributed by atoms with van der Waals surface area (Å²) in [5.41, 5.74) is 0. The maximum Gasteiger partial charge on any atom is 0.0374 e. The Balaban J connectivity index is 2.58. The van der Waals surface area contributed by atoms with Crippen LogP contribution in [-0.2, 0) is 0 Å². The summed E-state index contributed by atoms with van der Waals surface area (Å²) in [7, 11) is 4.53. The Labute approximate surface area is 114 Å². The van der Waals surface area contributed by atoms with Crippen molar-refractivity contribution in [3.05, 3.63) is 0 Å². The van der Waals surface area contributed by atoms with Crippen molar-refractivity contribution in [1.29, 1.82) is 0 Å². The molecule has 3 heteroatoms. The molecule has 0 bridgehead atoms. The Morgan fingerprint density at radius 2 is 1.94 bits per heavy atom. The third-order valence-electron chi connectivity index (χ3n) is 4.27. The number of nitrogens with zero attached hydrogens (tertiary/aromatic N) is 2. The van der Waals surface area contributed by atoms with Gasteiger partial charge in [-0.25, -0.2) is 0 Å².